The first-order chi connectivity index (χ1) is 17.4. The monoisotopic (exact) mass is 490 g/mol. The molecule has 2 aliphatic rings. The first-order valence-electron chi connectivity index (χ1n) is 12.6. The molecule has 8 heteroatoms. The molecule has 2 aromatic rings. The minimum absolute atomic E-state index is 0.0302. The van der Waals surface area contributed by atoms with Crippen LogP contribution in [0, 0.1) is 31.6 Å². The summed E-state index contributed by atoms with van der Waals surface area (Å²) in [5.41, 5.74) is 1.82. The molecule has 2 fully saturated rings. The number of nitrogens with one attached hydrogen (secondary N) is 1. The molecule has 190 valence electrons. The second kappa shape index (κ2) is 11.0. The number of carbonyl (C=O) groups excluding carboxylic acids is 3. The summed E-state index contributed by atoms with van der Waals surface area (Å²) in [7, 11) is 0. The van der Waals surface area contributed by atoms with Crippen LogP contribution in [-0.4, -0.2) is 58.0 Å². The van der Waals surface area contributed by atoms with Crippen molar-refractivity contribution in [3.8, 4) is 11.8 Å². The Morgan fingerprint density at radius 1 is 1.19 bits per heavy atom. The van der Waals surface area contributed by atoms with Gasteiger partial charge in [-0.1, -0.05) is 41.4 Å². The molecule has 1 aromatic carbocycles. The van der Waals surface area contributed by atoms with E-state index in [1.54, 1.807) is 6.92 Å². The summed E-state index contributed by atoms with van der Waals surface area (Å²) in [5, 5.41) is 7.02. The molecule has 0 saturated carbocycles. The minimum Gasteiger partial charge on any atom is -0.361 e. The molecule has 0 spiro atoms. The largest absolute Gasteiger partial charge is 0.361 e. The molecule has 2 aliphatic heterocycles. The Labute approximate surface area is 212 Å². The van der Waals surface area contributed by atoms with Gasteiger partial charge in [-0.3, -0.25) is 14.5 Å². The summed E-state index contributed by atoms with van der Waals surface area (Å²) in [5.74, 6) is 6.09. The molecule has 0 radical (unpaired) electrons. The van der Waals surface area contributed by atoms with E-state index in [0.29, 0.717) is 38.1 Å². The molecule has 36 heavy (non-hydrogen) atoms. The quantitative estimate of drug-likeness (QED) is 0.452. The maximum Gasteiger partial charge on any atom is 0.325 e. The van der Waals surface area contributed by atoms with Gasteiger partial charge in [-0.25, -0.2) is 4.79 Å². The average molecular weight is 491 g/mol. The number of hydrogen-bond donors (Lipinski definition) is 1. The Bertz CT molecular complexity index is 1150. The van der Waals surface area contributed by atoms with Crippen molar-refractivity contribution in [1.29, 1.82) is 0 Å². The van der Waals surface area contributed by atoms with Crippen LogP contribution in [0.4, 0.5) is 4.79 Å². The highest BCUT2D eigenvalue weighted by atomic mass is 16.5. The van der Waals surface area contributed by atoms with E-state index in [1.807, 2.05) is 36.9 Å². The SMILES string of the molecule is CC#CCN1C(=O)N[C@@](CCCc2ccccc2)(C2CCN(C(=O)Cc3c(C)noc3C)CC2)C1=O. The fraction of sp³-hybridized carbons (Fsp3) is 0.500. The molecule has 8 nitrogen and oxygen atoms in total. The highest BCUT2D eigenvalue weighted by Gasteiger charge is 2.55. The smallest absolute Gasteiger partial charge is 0.325 e. The maximum atomic E-state index is 13.7. The summed E-state index contributed by atoms with van der Waals surface area (Å²) in [6, 6.07) is 9.78. The van der Waals surface area contributed by atoms with Gasteiger partial charge < -0.3 is 14.7 Å². The first-order valence-corrected chi connectivity index (χ1v) is 12.6. The standard InChI is InChI=1S/C28H34N4O4/c1-4-5-16-32-26(34)28(29-27(32)35,15-9-12-22-10-7-6-8-11-22)23-13-17-31(18-14-23)25(33)19-24-20(2)30-36-21(24)3/h6-8,10-11,23H,9,12-19H2,1-3H3,(H,29,35)/t28-/m0/s1. The number of piperidine rings is 1. The molecule has 1 aromatic heterocycles. The summed E-state index contributed by atoms with van der Waals surface area (Å²) in [6.07, 6.45) is 3.72. The van der Waals surface area contributed by atoms with Crippen LogP contribution >= 0.6 is 0 Å². The van der Waals surface area contributed by atoms with Crippen molar-refractivity contribution in [2.24, 2.45) is 5.92 Å². The summed E-state index contributed by atoms with van der Waals surface area (Å²) >= 11 is 0. The first kappa shape index (κ1) is 25.5. The summed E-state index contributed by atoms with van der Waals surface area (Å²) in [6.45, 7) is 6.54. The number of benzene rings is 1. The number of likely N-dealkylation sites (tertiary alicyclic amines) is 1. The number of carbonyl (C=O) groups is 3. The van der Waals surface area contributed by atoms with Crippen LogP contribution in [0.5, 0.6) is 0 Å². The lowest BCUT2D eigenvalue weighted by Crippen LogP contribution is -2.56. The zero-order chi connectivity index (χ0) is 25.7. The fourth-order valence-electron chi connectivity index (χ4n) is 5.45. The van der Waals surface area contributed by atoms with Crippen LogP contribution in [0.15, 0.2) is 34.9 Å². The van der Waals surface area contributed by atoms with Gasteiger partial charge in [0.05, 0.1) is 18.7 Å². The zero-order valence-corrected chi connectivity index (χ0v) is 21.3. The maximum absolute atomic E-state index is 13.7. The predicted molar refractivity (Wildman–Crippen MR) is 135 cm³/mol. The number of aryl methyl sites for hydroxylation is 3. The molecule has 0 unspecified atom stereocenters. The highest BCUT2D eigenvalue weighted by Crippen LogP contribution is 2.37. The third-order valence-corrected chi connectivity index (χ3v) is 7.55. The molecule has 3 heterocycles. The molecule has 1 atom stereocenters. The lowest BCUT2D eigenvalue weighted by Gasteiger charge is -2.41. The highest BCUT2D eigenvalue weighted by molar-refractivity contribution is 6.07. The van der Waals surface area contributed by atoms with Crippen LogP contribution < -0.4 is 5.32 Å². The molecule has 4 rings (SSSR count). The van der Waals surface area contributed by atoms with Crippen LogP contribution in [-0.2, 0) is 22.4 Å². The fourth-order valence-corrected chi connectivity index (χ4v) is 5.45. The van der Waals surface area contributed by atoms with Crippen molar-refractivity contribution in [3.05, 3.63) is 52.9 Å². The Balaban J connectivity index is 1.46. The Morgan fingerprint density at radius 2 is 1.92 bits per heavy atom. The van der Waals surface area contributed by atoms with E-state index in [9.17, 15) is 14.4 Å². The lowest BCUT2D eigenvalue weighted by molar-refractivity contribution is -0.135. The molecule has 1 N–H and O–H groups in total. The molecular weight excluding hydrogens is 456 g/mol. The molecule has 4 amide bonds. The van der Waals surface area contributed by atoms with Crippen LogP contribution in [0.25, 0.3) is 0 Å². The van der Waals surface area contributed by atoms with Gasteiger partial charge in [0.2, 0.25) is 5.91 Å². The van der Waals surface area contributed by atoms with Gasteiger partial charge in [0.25, 0.3) is 5.91 Å². The van der Waals surface area contributed by atoms with E-state index in [0.717, 1.165) is 24.1 Å². The molecular formula is C28H34N4O4. The van der Waals surface area contributed by atoms with Gasteiger partial charge in [-0.15, -0.1) is 5.92 Å². The van der Waals surface area contributed by atoms with Crippen molar-refractivity contribution < 1.29 is 18.9 Å². The number of aromatic nitrogens is 1. The Hall–Kier alpha value is -3.60. The van der Waals surface area contributed by atoms with Gasteiger partial charge in [0, 0.05) is 18.7 Å². The Kier molecular flexibility index (Phi) is 7.78. The van der Waals surface area contributed by atoms with E-state index < -0.39 is 5.54 Å². The van der Waals surface area contributed by atoms with Gasteiger partial charge in [-0.2, -0.15) is 0 Å². The number of urea groups is 1. The Morgan fingerprint density at radius 3 is 2.56 bits per heavy atom. The van der Waals surface area contributed by atoms with Crippen molar-refractivity contribution in [2.45, 2.75) is 64.8 Å². The topological polar surface area (TPSA) is 95.8 Å². The average Bonchev–Trinajstić information content (AvgIpc) is 3.33. The minimum atomic E-state index is -0.960. The summed E-state index contributed by atoms with van der Waals surface area (Å²) < 4.78 is 5.20. The lowest BCUT2D eigenvalue weighted by atomic mass is 9.74. The van der Waals surface area contributed by atoms with Crippen LogP contribution in [0.3, 0.4) is 0 Å². The van der Waals surface area contributed by atoms with Gasteiger partial charge in [0.1, 0.15) is 11.3 Å². The third kappa shape index (κ3) is 5.15. The van der Waals surface area contributed by atoms with Crippen molar-refractivity contribution in [2.75, 3.05) is 19.6 Å². The zero-order valence-electron chi connectivity index (χ0n) is 21.3. The number of rotatable bonds is 8. The van der Waals surface area contributed by atoms with Gasteiger partial charge in [-0.05, 0) is 64.4 Å². The predicted octanol–water partition coefficient (Wildman–Crippen LogP) is 3.41. The van der Waals surface area contributed by atoms with Crippen molar-refractivity contribution in [1.82, 2.24) is 20.3 Å². The van der Waals surface area contributed by atoms with E-state index in [4.69, 9.17) is 4.52 Å². The van der Waals surface area contributed by atoms with E-state index in [-0.39, 0.29) is 36.7 Å². The van der Waals surface area contributed by atoms with Gasteiger partial charge in [0.15, 0.2) is 0 Å². The van der Waals surface area contributed by atoms with Crippen LogP contribution in [0.2, 0.25) is 0 Å². The second-order valence-corrected chi connectivity index (χ2v) is 9.69. The summed E-state index contributed by atoms with van der Waals surface area (Å²) in [4.78, 5) is 42.6. The van der Waals surface area contributed by atoms with E-state index in [1.165, 1.54) is 10.5 Å². The van der Waals surface area contributed by atoms with Crippen molar-refractivity contribution in [3.63, 3.8) is 0 Å². The van der Waals surface area contributed by atoms with Gasteiger partial charge >= 0.3 is 6.03 Å². The van der Waals surface area contributed by atoms with Crippen LogP contribution in [0.1, 0.15) is 55.2 Å². The number of nitrogens with zero attached hydrogens (tertiary/aromatic N) is 3. The number of imide groups is 1. The normalized spacial score (nSPS) is 20.3. The number of hydrogen-bond acceptors (Lipinski definition) is 5. The molecule has 0 aliphatic carbocycles. The molecule has 0 bridgehead atoms. The third-order valence-electron chi connectivity index (χ3n) is 7.55. The number of amides is 4. The van der Waals surface area contributed by atoms with Crippen molar-refractivity contribution >= 4 is 17.8 Å². The molecule has 2 saturated heterocycles. The van der Waals surface area contributed by atoms with E-state index in [2.05, 4.69) is 34.4 Å². The second-order valence-electron chi connectivity index (χ2n) is 9.69. The van der Waals surface area contributed by atoms with E-state index >= 15 is 0 Å².